The predicted octanol–water partition coefficient (Wildman–Crippen LogP) is 2.39. The van der Waals surface area contributed by atoms with Crippen LogP contribution in [0.1, 0.15) is 15.9 Å². The molecule has 9 heteroatoms. The number of carbonyl (C=O) groups excluding carboxylic acids is 1. The van der Waals surface area contributed by atoms with Gasteiger partial charge in [-0.15, -0.1) is 0 Å². The number of nitrogens with zero attached hydrogens (tertiary/aromatic N) is 1. The molecule has 0 spiro atoms. The van der Waals surface area contributed by atoms with Crippen molar-refractivity contribution in [2.24, 2.45) is 0 Å². The lowest BCUT2D eigenvalue weighted by Gasteiger charge is -2.26. The average molecular weight is 423 g/mol. The van der Waals surface area contributed by atoms with Crippen molar-refractivity contribution in [3.8, 4) is 5.75 Å². The summed E-state index contributed by atoms with van der Waals surface area (Å²) in [5.41, 5.74) is 0.501. The summed E-state index contributed by atoms with van der Waals surface area (Å²) >= 11 is 0. The first-order chi connectivity index (χ1) is 13.9. The van der Waals surface area contributed by atoms with Gasteiger partial charge in [0, 0.05) is 13.1 Å². The molecule has 29 heavy (non-hydrogen) atoms. The van der Waals surface area contributed by atoms with Gasteiger partial charge in [0.2, 0.25) is 10.0 Å². The second-order valence-corrected chi connectivity index (χ2v) is 8.35. The van der Waals surface area contributed by atoms with Crippen LogP contribution in [-0.4, -0.2) is 58.2 Å². The van der Waals surface area contributed by atoms with Crippen molar-refractivity contribution < 1.29 is 31.8 Å². The van der Waals surface area contributed by atoms with Crippen LogP contribution in [0, 0.1) is 12.7 Å². The van der Waals surface area contributed by atoms with E-state index in [4.69, 9.17) is 14.2 Å². The summed E-state index contributed by atoms with van der Waals surface area (Å²) in [6, 6.07) is 10.5. The van der Waals surface area contributed by atoms with Gasteiger partial charge in [-0.3, -0.25) is 0 Å². The van der Waals surface area contributed by atoms with E-state index in [9.17, 15) is 17.6 Å². The Morgan fingerprint density at radius 3 is 2.59 bits per heavy atom. The fourth-order valence-electron chi connectivity index (χ4n) is 2.84. The zero-order chi connectivity index (χ0) is 20.9. The van der Waals surface area contributed by atoms with E-state index in [1.54, 1.807) is 6.07 Å². The molecule has 0 unspecified atom stereocenters. The van der Waals surface area contributed by atoms with Crippen molar-refractivity contribution in [3.05, 3.63) is 59.4 Å². The molecule has 156 valence electrons. The highest BCUT2D eigenvalue weighted by atomic mass is 32.2. The minimum Gasteiger partial charge on any atom is -0.490 e. The normalized spacial score (nSPS) is 15.1. The maximum atomic E-state index is 14.1. The number of hydrogen-bond acceptors (Lipinski definition) is 6. The Bertz CT molecular complexity index is 973. The summed E-state index contributed by atoms with van der Waals surface area (Å²) in [6.07, 6.45) is 0. The molecule has 0 radical (unpaired) electrons. The van der Waals surface area contributed by atoms with Crippen LogP contribution in [-0.2, 0) is 19.5 Å². The fraction of sp³-hybridized carbons (Fsp3) is 0.350. The van der Waals surface area contributed by atoms with E-state index in [2.05, 4.69) is 0 Å². The molecule has 2 aromatic carbocycles. The molecule has 1 aliphatic rings. The van der Waals surface area contributed by atoms with Crippen molar-refractivity contribution in [1.82, 2.24) is 4.31 Å². The van der Waals surface area contributed by atoms with Crippen LogP contribution in [0.15, 0.2) is 47.4 Å². The van der Waals surface area contributed by atoms with E-state index < -0.39 is 27.4 Å². The highest BCUT2D eigenvalue weighted by molar-refractivity contribution is 7.89. The maximum absolute atomic E-state index is 14.1. The van der Waals surface area contributed by atoms with Crippen molar-refractivity contribution in [3.63, 3.8) is 0 Å². The SMILES string of the molecule is Cc1ccccc1OCCOC(=O)c1cc(S(=O)(=O)N2CCOCC2)ccc1F. The molecule has 1 saturated heterocycles. The Balaban J connectivity index is 1.64. The number of carbonyl (C=O) groups is 1. The molecule has 1 fully saturated rings. The van der Waals surface area contributed by atoms with E-state index in [0.717, 1.165) is 23.8 Å². The van der Waals surface area contributed by atoms with Gasteiger partial charge in [-0.25, -0.2) is 17.6 Å². The number of benzene rings is 2. The molecule has 1 aliphatic heterocycles. The number of sulfonamides is 1. The number of esters is 1. The molecule has 2 aromatic rings. The van der Waals surface area contributed by atoms with Crippen LogP contribution in [0.4, 0.5) is 4.39 Å². The van der Waals surface area contributed by atoms with Crippen molar-refractivity contribution in [2.75, 3.05) is 39.5 Å². The number of halogens is 1. The molecule has 0 amide bonds. The highest BCUT2D eigenvalue weighted by Crippen LogP contribution is 2.21. The lowest BCUT2D eigenvalue weighted by Crippen LogP contribution is -2.40. The summed E-state index contributed by atoms with van der Waals surface area (Å²) in [5.74, 6) is -1.14. The molecular formula is C20H22FNO6S. The van der Waals surface area contributed by atoms with E-state index in [0.29, 0.717) is 5.75 Å². The second kappa shape index (κ2) is 9.34. The Kier molecular flexibility index (Phi) is 6.83. The Labute approximate surface area is 169 Å². The highest BCUT2D eigenvalue weighted by Gasteiger charge is 2.28. The van der Waals surface area contributed by atoms with Gasteiger partial charge in [0.25, 0.3) is 0 Å². The van der Waals surface area contributed by atoms with Crippen molar-refractivity contribution in [1.29, 1.82) is 0 Å². The third-order valence-electron chi connectivity index (χ3n) is 4.43. The second-order valence-electron chi connectivity index (χ2n) is 6.41. The zero-order valence-corrected chi connectivity index (χ0v) is 16.8. The summed E-state index contributed by atoms with van der Waals surface area (Å²) in [5, 5.41) is 0. The quantitative estimate of drug-likeness (QED) is 0.502. The maximum Gasteiger partial charge on any atom is 0.341 e. The van der Waals surface area contributed by atoms with Gasteiger partial charge < -0.3 is 14.2 Å². The van der Waals surface area contributed by atoms with E-state index in [1.807, 2.05) is 25.1 Å². The molecule has 0 N–H and O–H groups in total. The lowest BCUT2D eigenvalue weighted by atomic mass is 10.2. The predicted molar refractivity (Wildman–Crippen MR) is 103 cm³/mol. The van der Waals surface area contributed by atoms with Crippen molar-refractivity contribution >= 4 is 16.0 Å². The van der Waals surface area contributed by atoms with Gasteiger partial charge in [0.15, 0.2) is 0 Å². The van der Waals surface area contributed by atoms with Gasteiger partial charge in [0.1, 0.15) is 24.8 Å². The number of morpholine rings is 1. The molecule has 0 aliphatic carbocycles. The van der Waals surface area contributed by atoms with Crippen LogP contribution in [0.5, 0.6) is 5.75 Å². The minimum absolute atomic E-state index is 0.0873. The molecule has 0 bridgehead atoms. The molecule has 7 nitrogen and oxygen atoms in total. The Morgan fingerprint density at radius 2 is 1.86 bits per heavy atom. The van der Waals surface area contributed by atoms with Gasteiger partial charge in [-0.05, 0) is 36.8 Å². The number of ether oxygens (including phenoxy) is 3. The van der Waals surface area contributed by atoms with Gasteiger partial charge in [0.05, 0.1) is 23.7 Å². The van der Waals surface area contributed by atoms with Crippen LogP contribution in [0.3, 0.4) is 0 Å². The number of rotatable bonds is 7. The molecule has 3 rings (SSSR count). The molecule has 0 saturated carbocycles. The monoisotopic (exact) mass is 423 g/mol. The van der Waals surface area contributed by atoms with Crippen LogP contribution < -0.4 is 4.74 Å². The van der Waals surface area contributed by atoms with Gasteiger partial charge in [-0.1, -0.05) is 18.2 Å². The largest absolute Gasteiger partial charge is 0.490 e. The van der Waals surface area contributed by atoms with E-state index in [1.165, 1.54) is 4.31 Å². The van der Waals surface area contributed by atoms with Crippen LogP contribution >= 0.6 is 0 Å². The molecule has 1 heterocycles. The van der Waals surface area contributed by atoms with E-state index in [-0.39, 0.29) is 44.4 Å². The van der Waals surface area contributed by atoms with Crippen LogP contribution in [0.25, 0.3) is 0 Å². The standard InChI is InChI=1S/C20H22FNO6S/c1-15-4-2-3-5-19(15)27-12-13-28-20(23)17-14-16(6-7-18(17)21)29(24,25)22-8-10-26-11-9-22/h2-7,14H,8-13H2,1H3. The average Bonchev–Trinajstić information content (AvgIpc) is 2.73. The first-order valence-electron chi connectivity index (χ1n) is 9.12. The fourth-order valence-corrected chi connectivity index (χ4v) is 4.27. The first kappa shape index (κ1) is 21.2. The molecular weight excluding hydrogens is 401 g/mol. The summed E-state index contributed by atoms with van der Waals surface area (Å²) in [7, 11) is -3.85. The third-order valence-corrected chi connectivity index (χ3v) is 6.33. The summed E-state index contributed by atoms with van der Waals surface area (Å²) in [6.45, 7) is 2.85. The van der Waals surface area contributed by atoms with Crippen molar-refractivity contribution in [2.45, 2.75) is 11.8 Å². The number of hydrogen-bond donors (Lipinski definition) is 0. The minimum atomic E-state index is -3.85. The van der Waals surface area contributed by atoms with Gasteiger partial charge >= 0.3 is 5.97 Å². The Hall–Kier alpha value is -2.49. The van der Waals surface area contributed by atoms with E-state index >= 15 is 0 Å². The third kappa shape index (κ3) is 5.11. The molecule has 0 atom stereocenters. The molecule has 0 aromatic heterocycles. The zero-order valence-electron chi connectivity index (χ0n) is 16.0. The smallest absolute Gasteiger partial charge is 0.341 e. The summed E-state index contributed by atoms with van der Waals surface area (Å²) in [4.78, 5) is 12.1. The van der Waals surface area contributed by atoms with Crippen LogP contribution in [0.2, 0.25) is 0 Å². The summed E-state index contributed by atoms with van der Waals surface area (Å²) < 4.78 is 56.5. The topological polar surface area (TPSA) is 82.1 Å². The number of para-hydroxylation sites is 1. The number of aryl methyl sites for hydroxylation is 1. The lowest BCUT2D eigenvalue weighted by molar-refractivity contribution is 0.0444. The van der Waals surface area contributed by atoms with Gasteiger partial charge in [-0.2, -0.15) is 4.31 Å². The Morgan fingerprint density at radius 1 is 1.14 bits per heavy atom. The first-order valence-corrected chi connectivity index (χ1v) is 10.6.